The lowest BCUT2D eigenvalue weighted by Crippen LogP contribution is -2.20. The zero-order chi connectivity index (χ0) is 11.5. The van der Waals surface area contributed by atoms with E-state index in [0.717, 1.165) is 11.2 Å². The summed E-state index contributed by atoms with van der Waals surface area (Å²) in [5.74, 6) is 0.898. The van der Waals surface area contributed by atoms with Crippen LogP contribution in [0.1, 0.15) is 30.9 Å². The molecule has 1 nitrogen and oxygen atoms in total. The van der Waals surface area contributed by atoms with Crippen molar-refractivity contribution in [1.29, 1.82) is 0 Å². The predicted molar refractivity (Wildman–Crippen MR) is 74.4 cm³/mol. The lowest BCUT2D eigenvalue weighted by atomic mass is 10.1. The molecule has 1 fully saturated rings. The molecule has 0 amide bonds. The number of alkyl halides is 1. The summed E-state index contributed by atoms with van der Waals surface area (Å²) in [5, 5.41) is 0.950. The van der Waals surface area contributed by atoms with Crippen LogP contribution in [0.2, 0.25) is 0 Å². The van der Waals surface area contributed by atoms with Gasteiger partial charge in [-0.2, -0.15) is 0 Å². The molecule has 0 aliphatic carbocycles. The summed E-state index contributed by atoms with van der Waals surface area (Å²) in [6, 6.07) is 6.81. The highest BCUT2D eigenvalue weighted by Gasteiger charge is 2.21. The molecule has 0 aromatic heterocycles. The number of anilines is 1. The Morgan fingerprint density at radius 1 is 1.44 bits per heavy atom. The van der Waals surface area contributed by atoms with E-state index in [4.69, 9.17) is 0 Å². The van der Waals surface area contributed by atoms with Crippen LogP contribution in [-0.2, 0) is 5.33 Å². The van der Waals surface area contributed by atoms with Crippen LogP contribution in [-0.4, -0.2) is 13.1 Å². The van der Waals surface area contributed by atoms with Crippen LogP contribution in [0.4, 0.5) is 5.69 Å². The highest BCUT2D eigenvalue weighted by Crippen LogP contribution is 2.28. The fourth-order valence-corrected chi connectivity index (χ4v) is 2.89. The molecular weight excluding hydrogens is 262 g/mol. The van der Waals surface area contributed by atoms with Crippen molar-refractivity contribution >= 4 is 21.6 Å². The van der Waals surface area contributed by atoms with Crippen molar-refractivity contribution in [3.63, 3.8) is 0 Å². The van der Waals surface area contributed by atoms with Crippen molar-refractivity contribution in [1.82, 2.24) is 0 Å². The number of hydrogen-bond donors (Lipinski definition) is 0. The molecule has 88 valence electrons. The van der Waals surface area contributed by atoms with Crippen molar-refractivity contribution in [3.05, 3.63) is 29.3 Å². The van der Waals surface area contributed by atoms with Gasteiger partial charge in [-0.25, -0.2) is 0 Å². The van der Waals surface area contributed by atoms with E-state index in [2.05, 4.69) is 52.9 Å². The van der Waals surface area contributed by atoms with E-state index in [9.17, 15) is 0 Å². The molecule has 1 atom stereocenters. The van der Waals surface area contributed by atoms with E-state index in [1.807, 2.05) is 0 Å². The van der Waals surface area contributed by atoms with Crippen molar-refractivity contribution in [2.75, 3.05) is 18.0 Å². The third-order valence-corrected chi connectivity index (χ3v) is 4.27. The monoisotopic (exact) mass is 281 g/mol. The van der Waals surface area contributed by atoms with Crippen LogP contribution >= 0.6 is 15.9 Å². The number of hydrogen-bond acceptors (Lipinski definition) is 1. The Bertz CT molecular complexity index is 362. The summed E-state index contributed by atoms with van der Waals surface area (Å²) in [4.78, 5) is 2.54. The molecule has 1 aliphatic rings. The molecule has 0 bridgehead atoms. The molecule has 0 N–H and O–H groups in total. The zero-order valence-corrected chi connectivity index (χ0v) is 11.8. The van der Waals surface area contributed by atoms with Crippen LogP contribution in [0.3, 0.4) is 0 Å². The van der Waals surface area contributed by atoms with E-state index in [1.54, 1.807) is 0 Å². The molecule has 1 aromatic carbocycles. The molecule has 0 spiro atoms. The standard InChI is InChI=1S/C14H20BrN/c1-3-12-6-7-16(10-12)14-5-4-13(9-15)8-11(14)2/h4-5,8,12H,3,6-7,9-10H2,1-2H3. The molecule has 2 heteroatoms. The Morgan fingerprint density at radius 3 is 2.81 bits per heavy atom. The van der Waals surface area contributed by atoms with E-state index in [0.29, 0.717) is 0 Å². The lowest BCUT2D eigenvalue weighted by Gasteiger charge is -2.21. The number of benzene rings is 1. The van der Waals surface area contributed by atoms with Gasteiger partial charge in [0.05, 0.1) is 0 Å². The Balaban J connectivity index is 2.15. The number of nitrogens with zero attached hydrogens (tertiary/aromatic N) is 1. The van der Waals surface area contributed by atoms with E-state index >= 15 is 0 Å². The average molecular weight is 282 g/mol. The predicted octanol–water partition coefficient (Wildman–Crippen LogP) is 4.13. The van der Waals surface area contributed by atoms with Crippen LogP contribution in [0.25, 0.3) is 0 Å². The molecule has 2 rings (SSSR count). The number of halogens is 1. The van der Waals surface area contributed by atoms with Crippen LogP contribution in [0.5, 0.6) is 0 Å². The van der Waals surface area contributed by atoms with Gasteiger partial charge in [0.15, 0.2) is 0 Å². The highest BCUT2D eigenvalue weighted by molar-refractivity contribution is 9.08. The summed E-state index contributed by atoms with van der Waals surface area (Å²) in [6.07, 6.45) is 2.67. The first-order valence-electron chi connectivity index (χ1n) is 6.15. The van der Waals surface area contributed by atoms with Gasteiger partial charge in [0.25, 0.3) is 0 Å². The first-order chi connectivity index (χ1) is 7.74. The summed E-state index contributed by atoms with van der Waals surface area (Å²) in [7, 11) is 0. The van der Waals surface area contributed by atoms with Gasteiger partial charge in [-0.15, -0.1) is 0 Å². The SMILES string of the molecule is CCC1CCN(c2ccc(CBr)cc2C)C1. The van der Waals surface area contributed by atoms with Crippen molar-refractivity contribution < 1.29 is 0 Å². The first-order valence-corrected chi connectivity index (χ1v) is 7.27. The molecule has 0 saturated carbocycles. The van der Waals surface area contributed by atoms with Crippen LogP contribution in [0, 0.1) is 12.8 Å². The normalized spacial score (nSPS) is 20.4. The zero-order valence-electron chi connectivity index (χ0n) is 10.2. The van der Waals surface area contributed by atoms with Gasteiger partial charge in [0, 0.05) is 24.1 Å². The maximum atomic E-state index is 3.51. The maximum Gasteiger partial charge on any atom is 0.0396 e. The Hall–Kier alpha value is -0.500. The number of aryl methyl sites for hydroxylation is 1. The molecule has 0 radical (unpaired) electrons. The van der Waals surface area contributed by atoms with Gasteiger partial charge in [0.1, 0.15) is 0 Å². The van der Waals surface area contributed by atoms with Gasteiger partial charge < -0.3 is 4.90 Å². The van der Waals surface area contributed by atoms with Gasteiger partial charge in [-0.3, -0.25) is 0 Å². The topological polar surface area (TPSA) is 3.24 Å². The Labute approximate surface area is 107 Å². The third kappa shape index (κ3) is 2.42. The van der Waals surface area contributed by atoms with Gasteiger partial charge in [-0.05, 0) is 36.5 Å². The van der Waals surface area contributed by atoms with Crippen molar-refractivity contribution in [3.8, 4) is 0 Å². The minimum atomic E-state index is 0.898. The molecule has 1 heterocycles. The van der Waals surface area contributed by atoms with Crippen LogP contribution < -0.4 is 4.90 Å². The minimum absolute atomic E-state index is 0.898. The smallest absolute Gasteiger partial charge is 0.0396 e. The van der Waals surface area contributed by atoms with Crippen molar-refractivity contribution in [2.24, 2.45) is 5.92 Å². The largest absolute Gasteiger partial charge is 0.371 e. The third-order valence-electron chi connectivity index (χ3n) is 3.62. The molecule has 16 heavy (non-hydrogen) atoms. The van der Waals surface area contributed by atoms with E-state index in [-0.39, 0.29) is 0 Å². The first kappa shape index (κ1) is 12.0. The summed E-state index contributed by atoms with van der Waals surface area (Å²) >= 11 is 3.51. The second kappa shape index (κ2) is 5.22. The Morgan fingerprint density at radius 2 is 2.25 bits per heavy atom. The quantitative estimate of drug-likeness (QED) is 0.754. The second-order valence-electron chi connectivity index (χ2n) is 4.76. The minimum Gasteiger partial charge on any atom is -0.371 e. The molecule has 1 aliphatic heterocycles. The van der Waals surface area contributed by atoms with Gasteiger partial charge in [0.2, 0.25) is 0 Å². The van der Waals surface area contributed by atoms with E-state index in [1.165, 1.54) is 42.7 Å². The van der Waals surface area contributed by atoms with Gasteiger partial charge in [-0.1, -0.05) is 41.4 Å². The maximum absolute atomic E-state index is 3.51. The summed E-state index contributed by atoms with van der Waals surface area (Å²) in [5.41, 5.74) is 4.21. The fraction of sp³-hybridized carbons (Fsp3) is 0.571. The highest BCUT2D eigenvalue weighted by atomic mass is 79.9. The average Bonchev–Trinajstić information content (AvgIpc) is 2.77. The Kier molecular flexibility index (Phi) is 3.91. The summed E-state index contributed by atoms with van der Waals surface area (Å²) in [6.45, 7) is 6.99. The second-order valence-corrected chi connectivity index (χ2v) is 5.32. The van der Waals surface area contributed by atoms with Crippen LogP contribution in [0.15, 0.2) is 18.2 Å². The van der Waals surface area contributed by atoms with Gasteiger partial charge >= 0.3 is 0 Å². The van der Waals surface area contributed by atoms with E-state index < -0.39 is 0 Å². The fourth-order valence-electron chi connectivity index (χ4n) is 2.54. The number of rotatable bonds is 3. The molecule has 1 saturated heterocycles. The molecule has 1 aromatic rings. The molecule has 1 unspecified atom stereocenters. The summed E-state index contributed by atoms with van der Waals surface area (Å²) < 4.78 is 0. The lowest BCUT2D eigenvalue weighted by molar-refractivity contribution is 0.569. The van der Waals surface area contributed by atoms with Crippen molar-refractivity contribution in [2.45, 2.75) is 32.0 Å². The molecular formula is C14H20BrN.